The van der Waals surface area contributed by atoms with Gasteiger partial charge in [0.1, 0.15) is 18.0 Å². The SMILES string of the molecule is COc1cc(-n2cnc(NC3=NC(N4CCC[C@H]4CO)=NC4C=CSC34)c2)cc(OC)c1OC. The molecule has 4 heterocycles. The lowest BCUT2D eigenvalue weighted by Gasteiger charge is -2.30. The molecular formula is C23H28N6O4S. The van der Waals surface area contributed by atoms with E-state index in [1.54, 1.807) is 39.4 Å². The molecule has 10 nitrogen and oxygen atoms in total. The van der Waals surface area contributed by atoms with E-state index >= 15 is 0 Å². The average Bonchev–Trinajstić information content (AvgIpc) is 3.63. The van der Waals surface area contributed by atoms with E-state index in [2.05, 4.69) is 26.7 Å². The highest BCUT2D eigenvalue weighted by Crippen LogP contribution is 2.39. The number of aromatic nitrogens is 2. The second kappa shape index (κ2) is 9.59. The molecule has 2 N–H and O–H groups in total. The Morgan fingerprint density at radius 2 is 1.97 bits per heavy atom. The molecule has 1 aromatic carbocycles. The van der Waals surface area contributed by atoms with Crippen LogP contribution in [0.25, 0.3) is 5.69 Å². The van der Waals surface area contributed by atoms with Crippen LogP contribution in [0.4, 0.5) is 5.82 Å². The number of fused-ring (bicyclic) bond motifs is 1. The van der Waals surface area contributed by atoms with E-state index in [1.807, 2.05) is 22.9 Å². The minimum absolute atomic E-state index is 0.0112. The van der Waals surface area contributed by atoms with Crippen LogP contribution in [0.15, 0.2) is 46.1 Å². The van der Waals surface area contributed by atoms with Gasteiger partial charge in [-0.2, -0.15) is 4.99 Å². The molecular weight excluding hydrogens is 456 g/mol. The smallest absolute Gasteiger partial charge is 0.223 e. The number of nitrogens with zero attached hydrogens (tertiary/aromatic N) is 5. The molecule has 0 aliphatic carbocycles. The van der Waals surface area contributed by atoms with Gasteiger partial charge in [0.05, 0.1) is 57.2 Å². The number of aliphatic hydroxyl groups excluding tert-OH is 1. The summed E-state index contributed by atoms with van der Waals surface area (Å²) < 4.78 is 18.3. The van der Waals surface area contributed by atoms with Gasteiger partial charge in [0.25, 0.3) is 0 Å². The lowest BCUT2D eigenvalue weighted by Crippen LogP contribution is -2.44. The van der Waals surface area contributed by atoms with Gasteiger partial charge in [-0.05, 0) is 18.2 Å². The first kappa shape index (κ1) is 22.6. The monoisotopic (exact) mass is 484 g/mol. The Kier molecular flexibility index (Phi) is 6.38. The summed E-state index contributed by atoms with van der Waals surface area (Å²) in [6.07, 6.45) is 7.70. The number of hydrogen-bond acceptors (Lipinski definition) is 10. The summed E-state index contributed by atoms with van der Waals surface area (Å²) in [6.45, 7) is 0.958. The predicted molar refractivity (Wildman–Crippen MR) is 133 cm³/mol. The maximum atomic E-state index is 9.76. The second-order valence-corrected chi connectivity index (χ2v) is 9.20. The molecule has 3 aliphatic heterocycles. The number of imidazole rings is 1. The van der Waals surface area contributed by atoms with Crippen LogP contribution in [0.5, 0.6) is 17.2 Å². The molecule has 0 radical (unpaired) electrons. The minimum atomic E-state index is 0.0112. The molecule has 34 heavy (non-hydrogen) atoms. The molecule has 2 unspecified atom stereocenters. The van der Waals surface area contributed by atoms with Crippen LogP contribution in [0.2, 0.25) is 0 Å². The topological polar surface area (TPSA) is 106 Å². The molecule has 3 aliphatic rings. The molecule has 11 heteroatoms. The van der Waals surface area contributed by atoms with Crippen molar-refractivity contribution in [2.75, 3.05) is 39.8 Å². The number of ether oxygens (including phenoxy) is 3. The maximum Gasteiger partial charge on any atom is 0.223 e. The van der Waals surface area contributed by atoms with Gasteiger partial charge in [-0.3, -0.25) is 0 Å². The number of thioether (sulfide) groups is 1. The van der Waals surface area contributed by atoms with Gasteiger partial charge >= 0.3 is 0 Å². The standard InChI is InChI=1S/C23H28N6O4S/c1-31-17-9-15(10-18(32-2)20(17)33-3)28-11-19(24-13-28)26-22-21-16(6-8-34-21)25-23(27-22)29-7-4-5-14(29)12-30/h6,8-11,13-14,16,21,30H,4-5,7,12H2,1-3H3,(H,25,26,27)/t14-,16?,21?/m0/s1. The van der Waals surface area contributed by atoms with Gasteiger partial charge in [0, 0.05) is 18.7 Å². The van der Waals surface area contributed by atoms with Crippen LogP contribution in [0.1, 0.15) is 12.8 Å². The summed E-state index contributed by atoms with van der Waals surface area (Å²) in [7, 11) is 4.76. The number of hydrogen-bond donors (Lipinski definition) is 2. The van der Waals surface area contributed by atoms with Crippen molar-refractivity contribution in [2.45, 2.75) is 30.2 Å². The van der Waals surface area contributed by atoms with E-state index in [0.29, 0.717) is 29.0 Å². The number of benzene rings is 1. The third kappa shape index (κ3) is 4.09. The lowest BCUT2D eigenvalue weighted by atomic mass is 10.1. The number of likely N-dealkylation sites (tertiary alicyclic amines) is 1. The molecule has 2 aromatic rings. The Morgan fingerprint density at radius 3 is 2.68 bits per heavy atom. The molecule has 0 saturated carbocycles. The third-order valence-electron chi connectivity index (χ3n) is 6.20. The average molecular weight is 485 g/mol. The first-order chi connectivity index (χ1) is 16.6. The number of methoxy groups -OCH3 is 3. The van der Waals surface area contributed by atoms with Crippen LogP contribution < -0.4 is 19.5 Å². The fourth-order valence-electron chi connectivity index (χ4n) is 4.46. The zero-order valence-electron chi connectivity index (χ0n) is 19.3. The van der Waals surface area contributed by atoms with E-state index < -0.39 is 0 Å². The molecule has 0 amide bonds. The van der Waals surface area contributed by atoms with Crippen LogP contribution in [-0.4, -0.2) is 83.2 Å². The van der Waals surface area contributed by atoms with Crippen molar-refractivity contribution in [1.82, 2.24) is 14.5 Å². The van der Waals surface area contributed by atoms with E-state index in [1.165, 1.54) is 0 Å². The summed E-state index contributed by atoms with van der Waals surface area (Å²) in [6, 6.07) is 3.81. The van der Waals surface area contributed by atoms with Gasteiger partial charge in [-0.15, -0.1) is 11.8 Å². The molecule has 3 atom stereocenters. The van der Waals surface area contributed by atoms with E-state index in [0.717, 1.165) is 30.9 Å². The van der Waals surface area contributed by atoms with Gasteiger partial charge in [-0.1, -0.05) is 6.08 Å². The van der Waals surface area contributed by atoms with Crippen LogP contribution in [0, 0.1) is 0 Å². The number of aliphatic hydroxyl groups is 1. The second-order valence-electron chi connectivity index (χ2n) is 8.15. The number of amidine groups is 1. The number of rotatable bonds is 6. The van der Waals surface area contributed by atoms with Crippen molar-refractivity contribution in [1.29, 1.82) is 0 Å². The van der Waals surface area contributed by atoms with E-state index in [4.69, 9.17) is 24.2 Å². The molecule has 1 saturated heterocycles. The van der Waals surface area contributed by atoms with Crippen LogP contribution >= 0.6 is 11.8 Å². The third-order valence-corrected chi connectivity index (χ3v) is 7.31. The molecule has 180 valence electrons. The Morgan fingerprint density at radius 1 is 1.18 bits per heavy atom. The van der Waals surface area contributed by atoms with Crippen molar-refractivity contribution >= 4 is 29.4 Å². The Hall–Kier alpha value is -3.18. The summed E-state index contributed by atoms with van der Waals surface area (Å²) in [4.78, 5) is 16.4. The van der Waals surface area contributed by atoms with Gasteiger partial charge in [0.2, 0.25) is 11.7 Å². The van der Waals surface area contributed by atoms with Crippen LogP contribution in [-0.2, 0) is 0 Å². The largest absolute Gasteiger partial charge is 0.493 e. The summed E-state index contributed by atoms with van der Waals surface area (Å²) in [5, 5.41) is 15.3. The fraction of sp³-hybridized carbons (Fsp3) is 0.435. The summed E-state index contributed by atoms with van der Waals surface area (Å²) in [5.41, 5.74) is 0.820. The first-order valence-corrected chi connectivity index (χ1v) is 12.1. The van der Waals surface area contributed by atoms with Gasteiger partial charge < -0.3 is 34.1 Å². The molecule has 5 rings (SSSR count). The van der Waals surface area contributed by atoms with Crippen molar-refractivity contribution in [3.8, 4) is 22.9 Å². The predicted octanol–water partition coefficient (Wildman–Crippen LogP) is 2.53. The van der Waals surface area contributed by atoms with Gasteiger partial charge in [-0.25, -0.2) is 9.98 Å². The highest BCUT2D eigenvalue weighted by atomic mass is 32.2. The molecule has 1 aromatic heterocycles. The first-order valence-electron chi connectivity index (χ1n) is 11.1. The molecule has 0 bridgehead atoms. The minimum Gasteiger partial charge on any atom is -0.493 e. The zero-order chi connectivity index (χ0) is 23.7. The Labute approximate surface area is 202 Å². The highest BCUT2D eigenvalue weighted by Gasteiger charge is 2.36. The maximum absolute atomic E-state index is 9.76. The van der Waals surface area contributed by atoms with Crippen molar-refractivity contribution in [3.63, 3.8) is 0 Å². The lowest BCUT2D eigenvalue weighted by molar-refractivity contribution is 0.207. The zero-order valence-corrected chi connectivity index (χ0v) is 20.2. The number of nitrogens with one attached hydrogen (secondary N) is 1. The number of guanidine groups is 1. The highest BCUT2D eigenvalue weighted by molar-refractivity contribution is 8.03. The summed E-state index contributed by atoms with van der Waals surface area (Å²) in [5.74, 6) is 3.83. The van der Waals surface area contributed by atoms with Gasteiger partial charge in [0.15, 0.2) is 11.5 Å². The van der Waals surface area contributed by atoms with E-state index in [-0.39, 0.29) is 23.9 Å². The quantitative estimate of drug-likeness (QED) is 0.645. The summed E-state index contributed by atoms with van der Waals surface area (Å²) >= 11 is 1.69. The Balaban J connectivity index is 1.41. The van der Waals surface area contributed by atoms with Crippen molar-refractivity contribution < 1.29 is 19.3 Å². The number of aliphatic imine (C=N–C) groups is 2. The molecule has 0 spiro atoms. The normalized spacial score (nSPS) is 23.4. The number of anilines is 1. The fourth-order valence-corrected chi connectivity index (χ4v) is 5.44. The van der Waals surface area contributed by atoms with Crippen molar-refractivity contribution in [3.05, 3.63) is 36.1 Å². The Bertz CT molecular complexity index is 1120. The van der Waals surface area contributed by atoms with E-state index in [9.17, 15) is 5.11 Å². The van der Waals surface area contributed by atoms with Crippen molar-refractivity contribution in [2.24, 2.45) is 9.98 Å². The van der Waals surface area contributed by atoms with Crippen LogP contribution in [0.3, 0.4) is 0 Å². The molecule has 1 fully saturated rings.